The maximum atomic E-state index is 12.4. The molecule has 1 aliphatic heterocycles. The van der Waals surface area contributed by atoms with Crippen molar-refractivity contribution in [2.24, 2.45) is 4.99 Å². The first-order valence-electron chi connectivity index (χ1n) is 7.76. The number of nitrogens with one attached hydrogen (secondary N) is 1. The molecule has 24 heavy (non-hydrogen) atoms. The van der Waals surface area contributed by atoms with Crippen molar-refractivity contribution in [2.75, 3.05) is 13.1 Å². The van der Waals surface area contributed by atoms with Gasteiger partial charge in [-0.2, -0.15) is 0 Å². The van der Waals surface area contributed by atoms with Crippen LogP contribution in [0.15, 0.2) is 47.5 Å². The number of aryl methyl sites for hydroxylation is 1. The SMILES string of the molecule is Cc1ccc(Cl)c(CC(=O)Cc2cccc(C3=NCCN3)c2)c1.Cl. The van der Waals surface area contributed by atoms with Gasteiger partial charge in [0.1, 0.15) is 11.6 Å². The second kappa shape index (κ2) is 8.32. The quantitative estimate of drug-likeness (QED) is 0.879. The van der Waals surface area contributed by atoms with E-state index < -0.39 is 0 Å². The summed E-state index contributed by atoms with van der Waals surface area (Å²) >= 11 is 6.18. The molecule has 0 saturated heterocycles. The van der Waals surface area contributed by atoms with E-state index in [0.29, 0.717) is 17.9 Å². The fraction of sp³-hybridized carbons (Fsp3) is 0.263. The lowest BCUT2D eigenvalue weighted by molar-refractivity contribution is -0.117. The Morgan fingerprint density at radius 2 is 2.04 bits per heavy atom. The summed E-state index contributed by atoms with van der Waals surface area (Å²) in [4.78, 5) is 16.8. The third kappa shape index (κ3) is 4.59. The zero-order chi connectivity index (χ0) is 16.2. The summed E-state index contributed by atoms with van der Waals surface area (Å²) < 4.78 is 0. The standard InChI is InChI=1S/C19H19ClN2O.ClH/c1-13-5-6-18(20)16(9-13)12-17(23)11-14-3-2-4-15(10-14)19-21-7-8-22-19;/h2-6,9-10H,7-8,11-12H2,1H3,(H,21,22);1H. The third-order valence-electron chi connectivity index (χ3n) is 3.86. The first-order chi connectivity index (χ1) is 11.1. The highest BCUT2D eigenvalue weighted by atomic mass is 35.5. The van der Waals surface area contributed by atoms with E-state index in [0.717, 1.165) is 41.2 Å². The van der Waals surface area contributed by atoms with Gasteiger partial charge in [0.15, 0.2) is 0 Å². The van der Waals surface area contributed by atoms with Gasteiger partial charge >= 0.3 is 0 Å². The fourth-order valence-electron chi connectivity index (χ4n) is 2.76. The summed E-state index contributed by atoms with van der Waals surface area (Å²) in [6, 6.07) is 13.8. The number of hydrogen-bond acceptors (Lipinski definition) is 3. The number of carbonyl (C=O) groups is 1. The van der Waals surface area contributed by atoms with E-state index in [1.807, 2.05) is 49.4 Å². The van der Waals surface area contributed by atoms with Crippen molar-refractivity contribution >= 4 is 35.6 Å². The average Bonchev–Trinajstić information content (AvgIpc) is 3.05. The van der Waals surface area contributed by atoms with E-state index >= 15 is 0 Å². The molecular formula is C19H20Cl2N2O. The Labute approximate surface area is 153 Å². The molecule has 3 nitrogen and oxygen atoms in total. The molecule has 0 radical (unpaired) electrons. The molecule has 0 atom stereocenters. The highest BCUT2D eigenvalue weighted by Gasteiger charge is 2.11. The van der Waals surface area contributed by atoms with Gasteiger partial charge in [-0.1, -0.05) is 47.5 Å². The molecule has 0 saturated carbocycles. The lowest BCUT2D eigenvalue weighted by Gasteiger charge is -2.07. The second-order valence-corrected chi connectivity index (χ2v) is 6.25. The minimum Gasteiger partial charge on any atom is -0.368 e. The number of nitrogens with zero attached hydrogens (tertiary/aromatic N) is 1. The van der Waals surface area contributed by atoms with Gasteiger partial charge in [0.2, 0.25) is 0 Å². The van der Waals surface area contributed by atoms with Crippen molar-refractivity contribution < 1.29 is 4.79 Å². The summed E-state index contributed by atoms with van der Waals surface area (Å²) in [6.45, 7) is 3.69. The molecule has 0 aromatic heterocycles. The van der Waals surface area contributed by atoms with Gasteiger partial charge in [-0.25, -0.2) is 0 Å². The normalized spacial score (nSPS) is 13.0. The molecule has 0 amide bonds. The molecule has 126 valence electrons. The van der Waals surface area contributed by atoms with Gasteiger partial charge in [-0.05, 0) is 30.2 Å². The number of halogens is 2. The molecule has 2 aromatic rings. The molecule has 1 heterocycles. The predicted octanol–water partition coefficient (Wildman–Crippen LogP) is 3.77. The van der Waals surface area contributed by atoms with Crippen LogP contribution >= 0.6 is 24.0 Å². The molecule has 1 N–H and O–H groups in total. The van der Waals surface area contributed by atoms with Crippen molar-refractivity contribution in [1.29, 1.82) is 0 Å². The van der Waals surface area contributed by atoms with Crippen LogP contribution in [0.25, 0.3) is 0 Å². The highest BCUT2D eigenvalue weighted by molar-refractivity contribution is 6.31. The average molecular weight is 363 g/mol. The van der Waals surface area contributed by atoms with Gasteiger partial charge < -0.3 is 5.32 Å². The van der Waals surface area contributed by atoms with E-state index in [4.69, 9.17) is 11.6 Å². The zero-order valence-corrected chi connectivity index (χ0v) is 15.1. The van der Waals surface area contributed by atoms with Gasteiger partial charge in [0, 0.05) is 30.0 Å². The van der Waals surface area contributed by atoms with Crippen molar-refractivity contribution in [2.45, 2.75) is 19.8 Å². The minimum absolute atomic E-state index is 0. The van der Waals surface area contributed by atoms with Crippen LogP contribution in [-0.4, -0.2) is 24.7 Å². The summed E-state index contributed by atoms with van der Waals surface area (Å²) in [5, 5.41) is 3.91. The monoisotopic (exact) mass is 362 g/mol. The van der Waals surface area contributed by atoms with Gasteiger partial charge in [0.05, 0.1) is 6.54 Å². The molecule has 0 fully saturated rings. The highest BCUT2D eigenvalue weighted by Crippen LogP contribution is 2.19. The third-order valence-corrected chi connectivity index (χ3v) is 4.23. The number of carbonyl (C=O) groups excluding carboxylic acids is 1. The summed E-state index contributed by atoms with van der Waals surface area (Å²) in [5.41, 5.74) is 4.06. The molecule has 5 heteroatoms. The number of benzene rings is 2. The molecule has 0 unspecified atom stereocenters. The molecule has 3 rings (SSSR count). The lowest BCUT2D eigenvalue weighted by Crippen LogP contribution is -2.19. The van der Waals surface area contributed by atoms with Crippen LogP contribution in [-0.2, 0) is 17.6 Å². The molecular weight excluding hydrogens is 343 g/mol. The van der Waals surface area contributed by atoms with Gasteiger partial charge in [-0.15, -0.1) is 12.4 Å². The van der Waals surface area contributed by atoms with E-state index in [2.05, 4.69) is 10.3 Å². The number of Topliss-reactive ketones (excluding diaryl/α,β-unsaturated/α-hetero) is 1. The summed E-state index contributed by atoms with van der Waals surface area (Å²) in [6.07, 6.45) is 0.773. The number of rotatable bonds is 5. The van der Waals surface area contributed by atoms with Crippen LogP contribution in [0, 0.1) is 6.92 Å². The Morgan fingerprint density at radius 1 is 1.21 bits per heavy atom. The van der Waals surface area contributed by atoms with Crippen LogP contribution in [0.2, 0.25) is 5.02 Å². The van der Waals surface area contributed by atoms with Crippen molar-refractivity contribution in [3.63, 3.8) is 0 Å². The van der Waals surface area contributed by atoms with E-state index in [9.17, 15) is 4.79 Å². The number of amidine groups is 1. The van der Waals surface area contributed by atoms with Crippen LogP contribution in [0.4, 0.5) is 0 Å². The molecule has 1 aliphatic rings. The Bertz CT molecular complexity index is 772. The maximum Gasteiger partial charge on any atom is 0.141 e. The van der Waals surface area contributed by atoms with E-state index in [1.165, 1.54) is 0 Å². The van der Waals surface area contributed by atoms with Crippen LogP contribution in [0.3, 0.4) is 0 Å². The topological polar surface area (TPSA) is 41.5 Å². The van der Waals surface area contributed by atoms with Gasteiger partial charge in [-0.3, -0.25) is 9.79 Å². The van der Waals surface area contributed by atoms with Gasteiger partial charge in [0.25, 0.3) is 0 Å². The summed E-state index contributed by atoms with van der Waals surface area (Å²) in [7, 11) is 0. The summed E-state index contributed by atoms with van der Waals surface area (Å²) in [5.74, 6) is 1.08. The lowest BCUT2D eigenvalue weighted by atomic mass is 10.00. The van der Waals surface area contributed by atoms with Crippen molar-refractivity contribution in [1.82, 2.24) is 5.32 Å². The molecule has 0 spiro atoms. The van der Waals surface area contributed by atoms with E-state index in [1.54, 1.807) is 0 Å². The maximum absolute atomic E-state index is 12.4. The molecule has 0 bridgehead atoms. The largest absolute Gasteiger partial charge is 0.368 e. The van der Waals surface area contributed by atoms with Crippen molar-refractivity contribution in [3.05, 3.63) is 69.7 Å². The number of ketones is 1. The fourth-order valence-corrected chi connectivity index (χ4v) is 2.95. The second-order valence-electron chi connectivity index (χ2n) is 5.84. The number of aliphatic imine (C=N–C) groups is 1. The first-order valence-corrected chi connectivity index (χ1v) is 8.14. The Morgan fingerprint density at radius 3 is 2.79 bits per heavy atom. The minimum atomic E-state index is 0. The predicted molar refractivity (Wildman–Crippen MR) is 102 cm³/mol. The Hall–Kier alpha value is -1.84. The Kier molecular flexibility index (Phi) is 6.41. The number of hydrogen-bond donors (Lipinski definition) is 1. The molecule has 2 aromatic carbocycles. The molecule has 0 aliphatic carbocycles. The zero-order valence-electron chi connectivity index (χ0n) is 13.5. The van der Waals surface area contributed by atoms with Crippen LogP contribution in [0.1, 0.15) is 22.3 Å². The van der Waals surface area contributed by atoms with Crippen LogP contribution < -0.4 is 5.32 Å². The van der Waals surface area contributed by atoms with Crippen molar-refractivity contribution in [3.8, 4) is 0 Å². The Balaban J connectivity index is 0.00000208. The smallest absolute Gasteiger partial charge is 0.141 e. The van der Waals surface area contributed by atoms with Crippen LogP contribution in [0.5, 0.6) is 0 Å². The first kappa shape index (κ1) is 18.5. The van der Waals surface area contributed by atoms with E-state index in [-0.39, 0.29) is 18.2 Å².